The topological polar surface area (TPSA) is 111 Å². The molecule has 0 fully saturated rings. The summed E-state index contributed by atoms with van der Waals surface area (Å²) >= 11 is 0. The number of carbonyl (C=O) groups excluding carboxylic acids is 1. The molecule has 0 spiro atoms. The number of hydrogen-bond donors (Lipinski definition) is 3. The van der Waals surface area contributed by atoms with Gasteiger partial charge in [0.05, 0.1) is 16.5 Å². The molecular weight excluding hydrogens is 352 g/mol. The Kier molecular flexibility index (Phi) is 6.33. The molecule has 0 heterocycles. The van der Waals surface area contributed by atoms with Crippen molar-refractivity contribution < 1.29 is 13.2 Å². The number of nitrogens with zero attached hydrogens (tertiary/aromatic N) is 1. The molecule has 0 saturated heterocycles. The van der Waals surface area contributed by atoms with Crippen LogP contribution in [0.3, 0.4) is 0 Å². The van der Waals surface area contributed by atoms with E-state index < -0.39 is 10.0 Å². The predicted molar refractivity (Wildman–Crippen MR) is 98.9 cm³/mol. The monoisotopic (exact) mass is 372 g/mol. The molecular formula is C18H20N4O3S. The summed E-state index contributed by atoms with van der Waals surface area (Å²) < 4.78 is 27.1. The standard InChI is InChI=1S/C18H20N4O3S/c1-13(2)21-18(23)22-16-8-6-14(7-9-16)12-20-26(24,25)17-5-3-4-15(10-17)11-19/h3-10,13,20H,12H2,1-2H3,(H2,21,22,23). The molecule has 3 N–H and O–H groups in total. The SMILES string of the molecule is CC(C)NC(=O)Nc1ccc(CNS(=O)(=O)c2cccc(C#N)c2)cc1. The molecule has 0 aromatic heterocycles. The zero-order chi connectivity index (χ0) is 19.2. The van der Waals surface area contributed by atoms with E-state index in [1.54, 1.807) is 30.3 Å². The van der Waals surface area contributed by atoms with Gasteiger partial charge in [0.1, 0.15) is 0 Å². The Bertz CT molecular complexity index is 916. The molecule has 0 aliphatic carbocycles. The maximum atomic E-state index is 12.3. The number of nitrogens with one attached hydrogen (secondary N) is 3. The van der Waals surface area contributed by atoms with Gasteiger partial charge in [-0.2, -0.15) is 5.26 Å². The van der Waals surface area contributed by atoms with Crippen molar-refractivity contribution in [1.29, 1.82) is 5.26 Å². The van der Waals surface area contributed by atoms with E-state index in [4.69, 9.17) is 5.26 Å². The minimum atomic E-state index is -3.71. The first kappa shape index (κ1) is 19.4. The highest BCUT2D eigenvalue weighted by molar-refractivity contribution is 7.89. The summed E-state index contributed by atoms with van der Waals surface area (Å²) in [6.45, 7) is 3.82. The van der Waals surface area contributed by atoms with E-state index in [-0.39, 0.29) is 29.1 Å². The third-order valence-corrected chi connectivity index (χ3v) is 4.77. The quantitative estimate of drug-likeness (QED) is 0.723. The zero-order valence-electron chi connectivity index (χ0n) is 14.5. The first-order chi connectivity index (χ1) is 12.3. The van der Waals surface area contributed by atoms with Crippen LogP contribution in [0, 0.1) is 11.3 Å². The molecule has 136 valence electrons. The fraction of sp³-hybridized carbons (Fsp3) is 0.222. The molecule has 0 radical (unpaired) electrons. The molecule has 7 nitrogen and oxygen atoms in total. The summed E-state index contributed by atoms with van der Waals surface area (Å²) in [4.78, 5) is 11.7. The lowest BCUT2D eigenvalue weighted by Gasteiger charge is -2.11. The van der Waals surface area contributed by atoms with Crippen LogP contribution in [-0.4, -0.2) is 20.5 Å². The first-order valence-corrected chi connectivity index (χ1v) is 9.45. The van der Waals surface area contributed by atoms with Gasteiger partial charge in [0, 0.05) is 18.3 Å². The van der Waals surface area contributed by atoms with Crippen LogP contribution < -0.4 is 15.4 Å². The fourth-order valence-corrected chi connectivity index (χ4v) is 3.19. The van der Waals surface area contributed by atoms with E-state index >= 15 is 0 Å². The number of nitriles is 1. The Hall–Kier alpha value is -2.89. The van der Waals surface area contributed by atoms with Crippen LogP contribution >= 0.6 is 0 Å². The highest BCUT2D eigenvalue weighted by Crippen LogP contribution is 2.13. The largest absolute Gasteiger partial charge is 0.336 e. The van der Waals surface area contributed by atoms with Crippen molar-refractivity contribution in [3.05, 3.63) is 59.7 Å². The zero-order valence-corrected chi connectivity index (χ0v) is 15.3. The van der Waals surface area contributed by atoms with Crippen molar-refractivity contribution in [2.24, 2.45) is 0 Å². The fourth-order valence-electron chi connectivity index (χ4n) is 2.13. The van der Waals surface area contributed by atoms with E-state index in [1.165, 1.54) is 18.2 Å². The average Bonchev–Trinajstić information content (AvgIpc) is 2.60. The van der Waals surface area contributed by atoms with Gasteiger partial charge < -0.3 is 10.6 Å². The van der Waals surface area contributed by atoms with Crippen LogP contribution in [0.2, 0.25) is 0 Å². The lowest BCUT2D eigenvalue weighted by molar-refractivity contribution is 0.250. The van der Waals surface area contributed by atoms with Crippen LogP contribution in [0.4, 0.5) is 10.5 Å². The van der Waals surface area contributed by atoms with Gasteiger partial charge in [-0.25, -0.2) is 17.9 Å². The maximum Gasteiger partial charge on any atom is 0.319 e. The number of sulfonamides is 1. The second kappa shape index (κ2) is 8.47. The van der Waals surface area contributed by atoms with Crippen molar-refractivity contribution in [1.82, 2.24) is 10.0 Å². The molecule has 2 aromatic rings. The number of amides is 2. The smallest absolute Gasteiger partial charge is 0.319 e. The van der Waals surface area contributed by atoms with Gasteiger partial charge in [0.2, 0.25) is 10.0 Å². The Balaban J connectivity index is 1.99. The second-order valence-corrected chi connectivity index (χ2v) is 7.68. The van der Waals surface area contributed by atoms with Crippen molar-refractivity contribution in [3.8, 4) is 6.07 Å². The van der Waals surface area contributed by atoms with E-state index in [2.05, 4.69) is 15.4 Å². The summed E-state index contributed by atoms with van der Waals surface area (Å²) in [7, 11) is -3.71. The number of rotatable bonds is 6. The summed E-state index contributed by atoms with van der Waals surface area (Å²) in [5, 5.41) is 14.3. The first-order valence-electron chi connectivity index (χ1n) is 7.96. The van der Waals surface area contributed by atoms with Gasteiger partial charge in [-0.1, -0.05) is 18.2 Å². The van der Waals surface area contributed by atoms with Crippen LogP contribution in [0.5, 0.6) is 0 Å². The van der Waals surface area contributed by atoms with Gasteiger partial charge >= 0.3 is 6.03 Å². The molecule has 8 heteroatoms. The number of benzene rings is 2. The Labute approximate surface area is 153 Å². The third kappa shape index (κ3) is 5.58. The molecule has 0 aliphatic heterocycles. The molecule has 0 atom stereocenters. The van der Waals surface area contributed by atoms with E-state index in [1.807, 2.05) is 19.9 Å². The van der Waals surface area contributed by atoms with Gasteiger partial charge in [-0.15, -0.1) is 0 Å². The van der Waals surface area contributed by atoms with Crippen LogP contribution in [-0.2, 0) is 16.6 Å². The molecule has 0 saturated carbocycles. The second-order valence-electron chi connectivity index (χ2n) is 5.91. The number of carbonyl (C=O) groups is 1. The summed E-state index contributed by atoms with van der Waals surface area (Å²) in [5.41, 5.74) is 1.62. The van der Waals surface area contributed by atoms with Gasteiger partial charge in [0.15, 0.2) is 0 Å². The van der Waals surface area contributed by atoms with Crippen molar-refractivity contribution in [3.63, 3.8) is 0 Å². The Morgan fingerprint density at radius 2 is 1.85 bits per heavy atom. The highest BCUT2D eigenvalue weighted by atomic mass is 32.2. The molecule has 2 amide bonds. The lowest BCUT2D eigenvalue weighted by atomic mass is 10.2. The third-order valence-electron chi connectivity index (χ3n) is 3.37. The molecule has 2 aromatic carbocycles. The molecule has 0 aliphatic rings. The number of hydrogen-bond acceptors (Lipinski definition) is 4. The van der Waals surface area contributed by atoms with Gasteiger partial charge in [-0.3, -0.25) is 0 Å². The highest BCUT2D eigenvalue weighted by Gasteiger charge is 2.14. The minimum absolute atomic E-state index is 0.0308. The van der Waals surface area contributed by atoms with Gasteiger partial charge in [-0.05, 0) is 49.7 Å². The minimum Gasteiger partial charge on any atom is -0.336 e. The molecule has 2 rings (SSSR count). The van der Waals surface area contributed by atoms with Crippen molar-refractivity contribution >= 4 is 21.7 Å². The van der Waals surface area contributed by atoms with E-state index in [9.17, 15) is 13.2 Å². The normalized spacial score (nSPS) is 11.0. The van der Waals surface area contributed by atoms with Gasteiger partial charge in [0.25, 0.3) is 0 Å². The van der Waals surface area contributed by atoms with Crippen LogP contribution in [0.1, 0.15) is 25.0 Å². The van der Waals surface area contributed by atoms with E-state index in [0.717, 1.165) is 5.56 Å². The predicted octanol–water partition coefficient (Wildman–Crippen LogP) is 2.57. The number of urea groups is 1. The summed E-state index contributed by atoms with van der Waals surface area (Å²) in [6.07, 6.45) is 0. The lowest BCUT2D eigenvalue weighted by Crippen LogP contribution is -2.34. The maximum absolute atomic E-state index is 12.3. The van der Waals surface area contributed by atoms with Crippen LogP contribution in [0.25, 0.3) is 0 Å². The summed E-state index contributed by atoms with van der Waals surface area (Å²) in [5.74, 6) is 0. The molecule has 26 heavy (non-hydrogen) atoms. The van der Waals surface area contributed by atoms with Crippen molar-refractivity contribution in [2.45, 2.75) is 31.3 Å². The van der Waals surface area contributed by atoms with Crippen molar-refractivity contribution in [2.75, 3.05) is 5.32 Å². The Morgan fingerprint density at radius 1 is 1.15 bits per heavy atom. The molecule has 0 bridgehead atoms. The Morgan fingerprint density at radius 3 is 2.46 bits per heavy atom. The molecule has 0 unspecified atom stereocenters. The summed E-state index contributed by atoms with van der Waals surface area (Å²) in [6, 6.07) is 14.3. The average molecular weight is 372 g/mol. The van der Waals surface area contributed by atoms with Crippen LogP contribution in [0.15, 0.2) is 53.4 Å². The van der Waals surface area contributed by atoms with E-state index in [0.29, 0.717) is 5.69 Å². The number of anilines is 1.